The van der Waals surface area contributed by atoms with E-state index in [1.807, 2.05) is 0 Å². The van der Waals surface area contributed by atoms with Crippen LogP contribution in [0, 0.1) is 23.3 Å². The summed E-state index contributed by atoms with van der Waals surface area (Å²) in [6, 6.07) is 0. The first-order valence-corrected chi connectivity index (χ1v) is 10.5. The third kappa shape index (κ3) is 6.54. The van der Waals surface area contributed by atoms with Crippen molar-refractivity contribution < 1.29 is 30.5 Å². The number of halogens is 4. The van der Waals surface area contributed by atoms with Gasteiger partial charge in [-0.25, -0.2) is 17.6 Å². The van der Waals surface area contributed by atoms with Crippen molar-refractivity contribution >= 4 is 10.1 Å². The van der Waals surface area contributed by atoms with E-state index in [2.05, 4.69) is 6.92 Å². The minimum absolute atomic E-state index is 0.242. The molecule has 0 aliphatic heterocycles. The first kappa shape index (κ1) is 22.9. The molecule has 0 heterocycles. The van der Waals surface area contributed by atoms with Crippen LogP contribution in [0.4, 0.5) is 17.6 Å². The summed E-state index contributed by atoms with van der Waals surface area (Å²) in [6.45, 7) is 2.15. The van der Waals surface area contributed by atoms with Crippen molar-refractivity contribution in [3.63, 3.8) is 0 Å². The van der Waals surface area contributed by atoms with Crippen LogP contribution in [-0.4, -0.2) is 13.0 Å². The maximum Gasteiger partial charge on any atom is 0.300 e. The van der Waals surface area contributed by atoms with E-state index in [0.29, 0.717) is 12.8 Å². The highest BCUT2D eigenvalue weighted by Crippen LogP contribution is 2.28. The summed E-state index contributed by atoms with van der Waals surface area (Å²) in [5.74, 6) is -7.72. The van der Waals surface area contributed by atoms with Gasteiger partial charge in [0.15, 0.2) is 28.2 Å². The van der Waals surface area contributed by atoms with E-state index in [1.54, 1.807) is 0 Å². The Hall–Kier alpha value is -1.15. The van der Waals surface area contributed by atoms with Crippen LogP contribution in [0.5, 0.6) is 0 Å². The monoisotopic (exact) mass is 398 g/mol. The fraction of sp³-hybridized carbons (Fsp3) is 0.667. The van der Waals surface area contributed by atoms with Crippen molar-refractivity contribution in [1.82, 2.24) is 0 Å². The van der Waals surface area contributed by atoms with Crippen LogP contribution in [0.15, 0.2) is 4.90 Å². The number of rotatable bonds is 12. The van der Waals surface area contributed by atoms with Crippen LogP contribution in [-0.2, 0) is 16.5 Å². The van der Waals surface area contributed by atoms with E-state index in [-0.39, 0.29) is 6.42 Å². The molecule has 1 aromatic rings. The molecule has 0 bridgehead atoms. The molecule has 0 aliphatic carbocycles. The molecule has 3 nitrogen and oxygen atoms in total. The molecule has 26 heavy (non-hydrogen) atoms. The topological polar surface area (TPSA) is 54.4 Å². The van der Waals surface area contributed by atoms with Gasteiger partial charge in [0.1, 0.15) is 0 Å². The van der Waals surface area contributed by atoms with Crippen molar-refractivity contribution in [1.29, 1.82) is 0 Å². The van der Waals surface area contributed by atoms with E-state index in [4.69, 9.17) is 4.55 Å². The molecule has 1 N–H and O–H groups in total. The molecule has 0 spiro atoms. The zero-order chi connectivity index (χ0) is 19.7. The van der Waals surface area contributed by atoms with Gasteiger partial charge in [0.05, 0.1) is 0 Å². The fourth-order valence-corrected chi connectivity index (χ4v) is 3.52. The molecular formula is C18H26F4O3S. The van der Waals surface area contributed by atoms with Gasteiger partial charge in [0.2, 0.25) is 0 Å². The standard InChI is InChI=1S/C18H26F4O3S/c1-2-3-4-5-6-7-8-9-10-11-12-13-14(19)16(21)18(26(23,24)25)17(22)15(13)20/h2-12H2,1H3,(H,23,24,25). The molecule has 0 saturated heterocycles. The summed E-state index contributed by atoms with van der Waals surface area (Å²) >= 11 is 0. The lowest BCUT2D eigenvalue weighted by Crippen LogP contribution is -2.13. The molecule has 1 rings (SSSR count). The Kier molecular flexibility index (Phi) is 9.57. The van der Waals surface area contributed by atoms with Gasteiger partial charge < -0.3 is 0 Å². The Morgan fingerprint density at radius 1 is 0.692 bits per heavy atom. The molecule has 8 heteroatoms. The Balaban J connectivity index is 2.52. The van der Waals surface area contributed by atoms with Crippen molar-refractivity contribution in [2.45, 2.75) is 82.4 Å². The second-order valence-corrected chi connectivity index (χ2v) is 7.83. The Morgan fingerprint density at radius 2 is 1.08 bits per heavy atom. The molecule has 0 fully saturated rings. The van der Waals surface area contributed by atoms with Crippen molar-refractivity contribution in [3.05, 3.63) is 28.8 Å². The average Bonchev–Trinajstić information content (AvgIpc) is 2.56. The number of hydrogen-bond donors (Lipinski definition) is 1. The fourth-order valence-electron chi connectivity index (χ4n) is 2.89. The summed E-state index contributed by atoms with van der Waals surface area (Å²) in [6.07, 6.45) is 9.66. The van der Waals surface area contributed by atoms with Crippen LogP contribution in [0.1, 0.15) is 76.7 Å². The van der Waals surface area contributed by atoms with E-state index < -0.39 is 43.8 Å². The molecule has 0 saturated carbocycles. The molecule has 0 amide bonds. The maximum absolute atomic E-state index is 13.9. The first-order chi connectivity index (χ1) is 12.2. The summed E-state index contributed by atoms with van der Waals surface area (Å²) in [4.78, 5) is -1.99. The van der Waals surface area contributed by atoms with Gasteiger partial charge in [0, 0.05) is 5.56 Å². The summed E-state index contributed by atoms with van der Waals surface area (Å²) in [5.41, 5.74) is -0.827. The number of benzene rings is 1. The lowest BCUT2D eigenvalue weighted by Gasteiger charge is -2.10. The minimum atomic E-state index is -5.40. The zero-order valence-corrected chi connectivity index (χ0v) is 15.8. The zero-order valence-electron chi connectivity index (χ0n) is 15.0. The largest absolute Gasteiger partial charge is 0.300 e. The summed E-state index contributed by atoms with van der Waals surface area (Å²) in [5, 5.41) is 0. The molecule has 0 aromatic heterocycles. The lowest BCUT2D eigenvalue weighted by molar-refractivity contribution is 0.392. The normalized spacial score (nSPS) is 11.9. The first-order valence-electron chi connectivity index (χ1n) is 9.04. The molecule has 0 atom stereocenters. The Morgan fingerprint density at radius 3 is 1.46 bits per heavy atom. The predicted molar refractivity (Wildman–Crippen MR) is 91.6 cm³/mol. The molecular weight excluding hydrogens is 372 g/mol. The van der Waals surface area contributed by atoms with Crippen LogP contribution in [0.3, 0.4) is 0 Å². The van der Waals surface area contributed by atoms with Crippen molar-refractivity contribution in [3.8, 4) is 0 Å². The van der Waals surface area contributed by atoms with E-state index >= 15 is 0 Å². The maximum atomic E-state index is 13.9. The Labute approximate surface area is 152 Å². The van der Waals surface area contributed by atoms with Gasteiger partial charge in [-0.2, -0.15) is 8.42 Å². The highest BCUT2D eigenvalue weighted by atomic mass is 32.2. The predicted octanol–water partition coefficient (Wildman–Crippen LogP) is 5.95. The lowest BCUT2D eigenvalue weighted by atomic mass is 10.0. The van der Waals surface area contributed by atoms with Gasteiger partial charge in [0.25, 0.3) is 0 Å². The third-order valence-corrected chi connectivity index (χ3v) is 5.23. The second-order valence-electron chi connectivity index (χ2n) is 6.47. The summed E-state index contributed by atoms with van der Waals surface area (Å²) < 4.78 is 85.5. The molecule has 0 unspecified atom stereocenters. The molecule has 150 valence electrons. The number of unbranched alkanes of at least 4 members (excludes halogenated alkanes) is 9. The molecule has 0 radical (unpaired) electrons. The molecule has 0 aliphatic rings. The second kappa shape index (κ2) is 10.9. The van der Waals surface area contributed by atoms with Crippen LogP contribution in [0.2, 0.25) is 0 Å². The minimum Gasteiger partial charge on any atom is -0.282 e. The van der Waals surface area contributed by atoms with Gasteiger partial charge >= 0.3 is 10.1 Å². The van der Waals surface area contributed by atoms with Gasteiger partial charge in [-0.1, -0.05) is 64.7 Å². The summed E-state index contributed by atoms with van der Waals surface area (Å²) in [7, 11) is -5.40. The Bertz CT molecular complexity index is 661. The van der Waals surface area contributed by atoms with E-state index in [0.717, 1.165) is 25.7 Å². The highest BCUT2D eigenvalue weighted by molar-refractivity contribution is 7.85. The number of hydrogen-bond acceptors (Lipinski definition) is 2. The molecule has 1 aromatic carbocycles. The quantitative estimate of drug-likeness (QED) is 0.205. The van der Waals surface area contributed by atoms with Crippen LogP contribution in [0.25, 0.3) is 0 Å². The van der Waals surface area contributed by atoms with Gasteiger partial charge in [-0.15, -0.1) is 0 Å². The van der Waals surface area contributed by atoms with Gasteiger partial charge in [-0.3, -0.25) is 4.55 Å². The van der Waals surface area contributed by atoms with Gasteiger partial charge in [-0.05, 0) is 12.8 Å². The van der Waals surface area contributed by atoms with Crippen molar-refractivity contribution in [2.24, 2.45) is 0 Å². The van der Waals surface area contributed by atoms with Crippen molar-refractivity contribution in [2.75, 3.05) is 0 Å². The van der Waals surface area contributed by atoms with Crippen LogP contribution < -0.4 is 0 Å². The smallest absolute Gasteiger partial charge is 0.282 e. The SMILES string of the molecule is CCCCCCCCCCCCc1c(F)c(F)c(S(=O)(=O)O)c(F)c1F. The van der Waals surface area contributed by atoms with Crippen LogP contribution >= 0.6 is 0 Å². The third-order valence-electron chi connectivity index (χ3n) is 4.35. The van der Waals surface area contributed by atoms with E-state index in [9.17, 15) is 26.0 Å². The average molecular weight is 398 g/mol. The highest BCUT2D eigenvalue weighted by Gasteiger charge is 2.31. The van der Waals surface area contributed by atoms with E-state index in [1.165, 1.54) is 25.7 Å².